The molecule has 0 aromatic rings. The van der Waals surface area contributed by atoms with Crippen LogP contribution in [0.25, 0.3) is 0 Å². The SMILES string of the molecule is CCC(O)C(C)C1OC1CC(C)/C=C/C=C(\C)C1C/C=C/C(OC(C)=O)C(C)(O)CCC(O)CC(=O)O1. The molecule has 2 rings (SSSR count). The van der Waals surface area contributed by atoms with Crippen molar-refractivity contribution in [2.75, 3.05) is 0 Å². The molecule has 1 fully saturated rings. The van der Waals surface area contributed by atoms with Crippen LogP contribution in [0.4, 0.5) is 0 Å². The quantitative estimate of drug-likeness (QED) is 0.181. The van der Waals surface area contributed by atoms with Crippen molar-refractivity contribution in [3.05, 3.63) is 36.0 Å². The topological polar surface area (TPSA) is 126 Å². The highest BCUT2D eigenvalue weighted by Crippen LogP contribution is 2.36. The molecule has 2 heterocycles. The van der Waals surface area contributed by atoms with Gasteiger partial charge in [-0.3, -0.25) is 9.59 Å². The summed E-state index contributed by atoms with van der Waals surface area (Å²) in [6, 6.07) is 0. The van der Waals surface area contributed by atoms with E-state index in [1.807, 2.05) is 32.9 Å². The number of carbonyl (C=O) groups excluding carboxylic acids is 2. The van der Waals surface area contributed by atoms with E-state index < -0.39 is 35.9 Å². The first kappa shape index (κ1) is 31.2. The van der Waals surface area contributed by atoms with Crippen LogP contribution in [0.2, 0.25) is 0 Å². The van der Waals surface area contributed by atoms with Crippen molar-refractivity contribution in [3.8, 4) is 0 Å². The number of carbonyl (C=O) groups is 2. The summed E-state index contributed by atoms with van der Waals surface area (Å²) in [5.74, 6) is -0.627. The van der Waals surface area contributed by atoms with Crippen LogP contribution in [0.1, 0.15) is 80.1 Å². The maximum atomic E-state index is 12.4. The third kappa shape index (κ3) is 10.3. The number of aliphatic hydroxyl groups is 3. The summed E-state index contributed by atoms with van der Waals surface area (Å²) in [4.78, 5) is 24.0. The van der Waals surface area contributed by atoms with Crippen molar-refractivity contribution in [1.82, 2.24) is 0 Å². The number of epoxide rings is 1. The summed E-state index contributed by atoms with van der Waals surface area (Å²) in [5.41, 5.74) is -0.564. The fourth-order valence-electron chi connectivity index (χ4n) is 4.66. The Balaban J connectivity index is 2.05. The molecule has 0 spiro atoms. The molecular weight excluding hydrogens is 476 g/mol. The summed E-state index contributed by atoms with van der Waals surface area (Å²) in [5, 5.41) is 31.2. The van der Waals surface area contributed by atoms with Gasteiger partial charge in [0.1, 0.15) is 17.8 Å². The fraction of sp³-hybridized carbons (Fsp3) is 0.724. The Hall–Kier alpha value is -2.00. The number of allylic oxidation sites excluding steroid dienone is 3. The summed E-state index contributed by atoms with van der Waals surface area (Å²) in [6.07, 6.45) is 8.84. The minimum Gasteiger partial charge on any atom is -0.457 e. The zero-order valence-corrected chi connectivity index (χ0v) is 23.1. The highest BCUT2D eigenvalue weighted by Gasteiger charge is 2.44. The summed E-state index contributed by atoms with van der Waals surface area (Å²) >= 11 is 0. The van der Waals surface area contributed by atoms with Gasteiger partial charge in [0.15, 0.2) is 0 Å². The van der Waals surface area contributed by atoms with Crippen molar-refractivity contribution in [3.63, 3.8) is 0 Å². The molecule has 2 aliphatic rings. The molecule has 8 nitrogen and oxygen atoms in total. The molecule has 0 aliphatic carbocycles. The minimum absolute atomic E-state index is 0.109. The van der Waals surface area contributed by atoms with Gasteiger partial charge in [0.05, 0.1) is 30.8 Å². The molecule has 1 saturated heterocycles. The molecule has 8 heteroatoms. The molecule has 0 saturated carbocycles. The smallest absolute Gasteiger partial charge is 0.309 e. The van der Waals surface area contributed by atoms with Crippen LogP contribution in [0.5, 0.6) is 0 Å². The van der Waals surface area contributed by atoms with Crippen LogP contribution >= 0.6 is 0 Å². The predicted octanol–water partition coefficient (Wildman–Crippen LogP) is 3.78. The molecule has 0 aromatic carbocycles. The lowest BCUT2D eigenvalue weighted by molar-refractivity contribution is -0.157. The minimum atomic E-state index is -1.39. The second-order valence-electron chi connectivity index (χ2n) is 10.9. The van der Waals surface area contributed by atoms with Crippen molar-refractivity contribution in [1.29, 1.82) is 0 Å². The maximum Gasteiger partial charge on any atom is 0.309 e. The van der Waals surface area contributed by atoms with Gasteiger partial charge < -0.3 is 29.5 Å². The van der Waals surface area contributed by atoms with E-state index in [1.165, 1.54) is 6.92 Å². The molecule has 0 aromatic heterocycles. The number of aliphatic hydroxyl groups excluding tert-OH is 2. The van der Waals surface area contributed by atoms with E-state index >= 15 is 0 Å². The molecule has 3 N–H and O–H groups in total. The Labute approximate surface area is 221 Å². The van der Waals surface area contributed by atoms with E-state index in [0.717, 1.165) is 18.4 Å². The van der Waals surface area contributed by atoms with Crippen molar-refractivity contribution < 1.29 is 39.1 Å². The number of rotatable bonds is 9. The second kappa shape index (κ2) is 14.2. The summed E-state index contributed by atoms with van der Waals surface area (Å²) < 4.78 is 16.8. The first-order chi connectivity index (χ1) is 17.3. The van der Waals surface area contributed by atoms with E-state index in [4.69, 9.17) is 14.2 Å². The van der Waals surface area contributed by atoms with Crippen LogP contribution in [-0.4, -0.2) is 69.5 Å². The van der Waals surface area contributed by atoms with E-state index in [-0.39, 0.29) is 49.4 Å². The maximum absolute atomic E-state index is 12.4. The van der Waals surface area contributed by atoms with Gasteiger partial charge >= 0.3 is 11.9 Å². The van der Waals surface area contributed by atoms with Gasteiger partial charge in [-0.25, -0.2) is 0 Å². The van der Waals surface area contributed by atoms with Crippen LogP contribution in [0.15, 0.2) is 36.0 Å². The van der Waals surface area contributed by atoms with Gasteiger partial charge in [-0.1, -0.05) is 45.1 Å². The summed E-state index contributed by atoms with van der Waals surface area (Å²) in [6.45, 7) is 10.8. The molecule has 0 amide bonds. The van der Waals surface area contributed by atoms with Crippen molar-refractivity contribution >= 4 is 11.9 Å². The Morgan fingerprint density at radius 2 is 2.03 bits per heavy atom. The monoisotopic (exact) mass is 522 g/mol. The first-order valence-electron chi connectivity index (χ1n) is 13.5. The lowest BCUT2D eigenvalue weighted by Crippen LogP contribution is -2.42. The molecule has 0 radical (unpaired) electrons. The zero-order valence-electron chi connectivity index (χ0n) is 23.1. The molecular formula is C29H46O8. The third-order valence-electron chi connectivity index (χ3n) is 7.30. The van der Waals surface area contributed by atoms with Crippen LogP contribution in [-0.2, 0) is 23.8 Å². The molecule has 0 bridgehead atoms. The van der Waals surface area contributed by atoms with Gasteiger partial charge in [0.2, 0.25) is 0 Å². The average molecular weight is 523 g/mol. The van der Waals surface area contributed by atoms with Gasteiger partial charge in [-0.15, -0.1) is 0 Å². The largest absolute Gasteiger partial charge is 0.457 e. The number of ether oxygens (including phenoxy) is 3. The highest BCUT2D eigenvalue weighted by molar-refractivity contribution is 5.70. The Kier molecular flexibility index (Phi) is 12.0. The third-order valence-corrected chi connectivity index (χ3v) is 7.30. The van der Waals surface area contributed by atoms with Crippen LogP contribution in [0, 0.1) is 11.8 Å². The lowest BCUT2D eigenvalue weighted by atomic mass is 9.90. The molecule has 9 unspecified atom stereocenters. The van der Waals surface area contributed by atoms with E-state index in [9.17, 15) is 24.9 Å². The van der Waals surface area contributed by atoms with Gasteiger partial charge in [0.25, 0.3) is 0 Å². The number of hydrogen-bond donors (Lipinski definition) is 3. The Morgan fingerprint density at radius 3 is 2.68 bits per heavy atom. The Morgan fingerprint density at radius 1 is 1.32 bits per heavy atom. The van der Waals surface area contributed by atoms with Gasteiger partial charge in [-0.2, -0.15) is 0 Å². The standard InChI is InChI=1S/C29H46O8/c1-7-23(32)20(4)28-25(37-28)16-18(2)10-8-11-19(3)24-12-9-13-26(35-21(5)30)29(6,34)15-14-22(31)17-27(33)36-24/h8-11,13,18,20,22-26,28,31-32,34H,7,12,14-17H2,1-6H3/b10-8+,13-9+,19-11+. The first-order valence-corrected chi connectivity index (χ1v) is 13.5. The molecule has 2 aliphatic heterocycles. The van der Waals surface area contributed by atoms with E-state index in [0.29, 0.717) is 6.42 Å². The number of hydrogen-bond acceptors (Lipinski definition) is 8. The Bertz CT molecular complexity index is 845. The van der Waals surface area contributed by atoms with Crippen molar-refractivity contribution in [2.45, 2.75) is 122 Å². The average Bonchev–Trinajstić information content (AvgIpc) is 3.58. The van der Waals surface area contributed by atoms with Gasteiger partial charge in [0, 0.05) is 19.3 Å². The molecule has 210 valence electrons. The van der Waals surface area contributed by atoms with Crippen molar-refractivity contribution in [2.24, 2.45) is 11.8 Å². The van der Waals surface area contributed by atoms with Gasteiger partial charge in [-0.05, 0) is 57.1 Å². The molecule has 37 heavy (non-hydrogen) atoms. The highest BCUT2D eigenvalue weighted by atomic mass is 16.6. The van der Waals surface area contributed by atoms with E-state index in [1.54, 1.807) is 19.1 Å². The molecule has 9 atom stereocenters. The number of esters is 2. The zero-order chi connectivity index (χ0) is 27.8. The van der Waals surface area contributed by atoms with Crippen LogP contribution < -0.4 is 0 Å². The second-order valence-corrected chi connectivity index (χ2v) is 10.9. The van der Waals surface area contributed by atoms with E-state index in [2.05, 4.69) is 13.0 Å². The predicted molar refractivity (Wildman–Crippen MR) is 140 cm³/mol. The fourth-order valence-corrected chi connectivity index (χ4v) is 4.66. The normalized spacial score (nSPS) is 35.0. The van der Waals surface area contributed by atoms with Crippen LogP contribution in [0.3, 0.4) is 0 Å². The number of cyclic esters (lactones) is 1. The summed E-state index contributed by atoms with van der Waals surface area (Å²) in [7, 11) is 0. The lowest BCUT2D eigenvalue weighted by Gasteiger charge is -2.31.